The van der Waals surface area contributed by atoms with Gasteiger partial charge in [0, 0.05) is 24.7 Å². The normalized spacial score (nSPS) is 11.5. The van der Waals surface area contributed by atoms with Crippen molar-refractivity contribution in [2.45, 2.75) is 32.9 Å². The van der Waals surface area contributed by atoms with E-state index in [0.29, 0.717) is 18.0 Å². The Bertz CT molecular complexity index is 939. The summed E-state index contributed by atoms with van der Waals surface area (Å²) in [5.41, 5.74) is 1.94. The molecule has 0 saturated carbocycles. The molecule has 0 atom stereocenters. The molecule has 0 aliphatic rings. The molecule has 3 rings (SSSR count). The third-order valence-corrected chi connectivity index (χ3v) is 4.10. The number of ether oxygens (including phenoxy) is 1. The Morgan fingerprint density at radius 1 is 1.38 bits per heavy atom. The van der Waals surface area contributed by atoms with Gasteiger partial charge in [-0.1, -0.05) is 6.07 Å². The Morgan fingerprint density at radius 2 is 2.15 bits per heavy atom. The highest BCUT2D eigenvalue weighted by Crippen LogP contribution is 2.22. The van der Waals surface area contributed by atoms with Gasteiger partial charge in [-0.05, 0) is 60.5 Å². The molecule has 1 amide bonds. The van der Waals surface area contributed by atoms with Crippen LogP contribution in [0.25, 0.3) is 5.65 Å². The zero-order valence-corrected chi connectivity index (χ0v) is 17.3. The van der Waals surface area contributed by atoms with E-state index in [9.17, 15) is 4.79 Å². The molecule has 0 spiro atoms. The predicted octanol–water partition coefficient (Wildman–Crippen LogP) is 1.93. The summed E-state index contributed by atoms with van der Waals surface area (Å²) in [6, 6.07) is 5.58. The summed E-state index contributed by atoms with van der Waals surface area (Å²) in [6.07, 6.45) is 4.72. The van der Waals surface area contributed by atoms with Crippen molar-refractivity contribution in [3.05, 3.63) is 46.1 Å². The van der Waals surface area contributed by atoms with Crippen molar-refractivity contribution in [2.75, 3.05) is 4.90 Å². The molecule has 0 aromatic carbocycles. The Kier molecular flexibility index (Phi) is 5.17. The first-order valence-electron chi connectivity index (χ1n) is 8.15. The van der Waals surface area contributed by atoms with Crippen LogP contribution in [-0.2, 0) is 11.3 Å². The number of pyridine rings is 1. The molecule has 3 heterocycles. The molecular formula is C17H19BIN5O2. The minimum Gasteiger partial charge on any atom is -0.443 e. The maximum Gasteiger partial charge on any atom is 0.416 e. The van der Waals surface area contributed by atoms with Crippen molar-refractivity contribution in [3.8, 4) is 0 Å². The largest absolute Gasteiger partial charge is 0.443 e. The standard InChI is InChI=1S/C17H19BIN5O2/c1-17(2,3)26-16(25)23(10-11-5-4-6-20-8-11)14-7-13(19)22-15-12(18)9-21-24(14)15/h4-9H,10,18H2,1-3H3. The number of fused-ring (bicyclic) bond motifs is 1. The van der Waals surface area contributed by atoms with Crippen LogP contribution in [0.5, 0.6) is 0 Å². The van der Waals surface area contributed by atoms with Gasteiger partial charge >= 0.3 is 6.09 Å². The molecule has 0 bridgehead atoms. The van der Waals surface area contributed by atoms with Crippen LogP contribution in [0.15, 0.2) is 36.8 Å². The van der Waals surface area contributed by atoms with E-state index < -0.39 is 11.7 Å². The SMILES string of the molecule is Bc1cnn2c(N(Cc3cccnc3)C(=O)OC(C)(C)C)cc(I)nc12. The Hall–Kier alpha value is -2.17. The van der Waals surface area contributed by atoms with Crippen molar-refractivity contribution < 1.29 is 9.53 Å². The second-order valence-electron chi connectivity index (χ2n) is 6.93. The lowest BCUT2D eigenvalue weighted by molar-refractivity contribution is 0.0575. The van der Waals surface area contributed by atoms with Crippen LogP contribution < -0.4 is 10.4 Å². The van der Waals surface area contributed by atoms with E-state index in [0.717, 1.165) is 14.7 Å². The lowest BCUT2D eigenvalue weighted by Crippen LogP contribution is -2.37. The molecule has 0 aliphatic carbocycles. The maximum atomic E-state index is 12.9. The van der Waals surface area contributed by atoms with E-state index in [1.807, 2.05) is 46.8 Å². The summed E-state index contributed by atoms with van der Waals surface area (Å²) in [7, 11) is 1.94. The van der Waals surface area contributed by atoms with Crippen LogP contribution >= 0.6 is 22.6 Å². The van der Waals surface area contributed by atoms with Crippen molar-refractivity contribution in [2.24, 2.45) is 0 Å². The average molecular weight is 463 g/mol. The monoisotopic (exact) mass is 463 g/mol. The summed E-state index contributed by atoms with van der Waals surface area (Å²) in [6.45, 7) is 5.85. The number of hydrogen-bond acceptors (Lipinski definition) is 5. The number of halogens is 1. The van der Waals surface area contributed by atoms with Crippen molar-refractivity contribution in [1.29, 1.82) is 0 Å². The Morgan fingerprint density at radius 3 is 2.81 bits per heavy atom. The maximum absolute atomic E-state index is 12.9. The van der Waals surface area contributed by atoms with Gasteiger partial charge in [-0.2, -0.15) is 9.61 Å². The van der Waals surface area contributed by atoms with Crippen LogP contribution in [0.3, 0.4) is 0 Å². The number of carbonyl (C=O) groups is 1. The van der Waals surface area contributed by atoms with E-state index >= 15 is 0 Å². The fourth-order valence-electron chi connectivity index (χ4n) is 2.45. The molecule has 0 fully saturated rings. The Labute approximate surface area is 166 Å². The molecule has 26 heavy (non-hydrogen) atoms. The van der Waals surface area contributed by atoms with E-state index in [4.69, 9.17) is 4.74 Å². The van der Waals surface area contributed by atoms with Gasteiger partial charge in [-0.3, -0.25) is 9.88 Å². The number of nitrogens with zero attached hydrogens (tertiary/aromatic N) is 5. The van der Waals surface area contributed by atoms with Gasteiger partial charge in [0.1, 0.15) is 23.0 Å². The van der Waals surface area contributed by atoms with Gasteiger partial charge in [0.05, 0.1) is 6.54 Å². The van der Waals surface area contributed by atoms with Crippen LogP contribution in [0.2, 0.25) is 0 Å². The van der Waals surface area contributed by atoms with Gasteiger partial charge in [0.25, 0.3) is 0 Å². The minimum absolute atomic E-state index is 0.316. The fourth-order valence-corrected chi connectivity index (χ4v) is 2.96. The molecule has 0 saturated heterocycles. The molecule has 3 aromatic heterocycles. The molecule has 0 N–H and O–H groups in total. The highest BCUT2D eigenvalue weighted by molar-refractivity contribution is 14.1. The minimum atomic E-state index is -0.608. The highest BCUT2D eigenvalue weighted by atomic mass is 127. The van der Waals surface area contributed by atoms with Crippen molar-refractivity contribution >= 4 is 53.5 Å². The first-order valence-corrected chi connectivity index (χ1v) is 9.23. The van der Waals surface area contributed by atoms with E-state index in [2.05, 4.69) is 37.7 Å². The molecule has 9 heteroatoms. The lowest BCUT2D eigenvalue weighted by atomic mass is 10.0. The summed E-state index contributed by atoms with van der Waals surface area (Å²) < 4.78 is 8.06. The summed E-state index contributed by atoms with van der Waals surface area (Å²) in [4.78, 5) is 23.2. The molecule has 0 aliphatic heterocycles. The third kappa shape index (κ3) is 4.14. The molecule has 134 valence electrons. The van der Waals surface area contributed by atoms with Crippen LogP contribution in [-0.4, -0.2) is 39.1 Å². The zero-order valence-electron chi connectivity index (χ0n) is 15.1. The zero-order chi connectivity index (χ0) is 18.9. The van der Waals surface area contributed by atoms with E-state index in [-0.39, 0.29) is 0 Å². The van der Waals surface area contributed by atoms with Gasteiger partial charge in [0.15, 0.2) is 5.65 Å². The van der Waals surface area contributed by atoms with Gasteiger partial charge in [0.2, 0.25) is 0 Å². The Balaban J connectivity index is 2.10. The van der Waals surface area contributed by atoms with Gasteiger partial charge < -0.3 is 4.74 Å². The first-order chi connectivity index (χ1) is 12.2. The second kappa shape index (κ2) is 7.22. The summed E-state index contributed by atoms with van der Waals surface area (Å²) in [5.74, 6) is 0.602. The molecule has 3 aromatic rings. The number of carbonyl (C=O) groups excluding carboxylic acids is 1. The topological polar surface area (TPSA) is 72.6 Å². The van der Waals surface area contributed by atoms with Gasteiger partial charge in [-0.25, -0.2) is 9.78 Å². The number of aromatic nitrogens is 4. The quantitative estimate of drug-likeness (QED) is 0.338. The van der Waals surface area contributed by atoms with Gasteiger partial charge in [-0.15, -0.1) is 0 Å². The molecule has 7 nitrogen and oxygen atoms in total. The number of rotatable bonds is 3. The number of amides is 1. The van der Waals surface area contributed by atoms with E-state index in [1.165, 1.54) is 0 Å². The van der Waals surface area contributed by atoms with Crippen LogP contribution in [0, 0.1) is 3.70 Å². The van der Waals surface area contributed by atoms with Crippen molar-refractivity contribution in [1.82, 2.24) is 19.6 Å². The summed E-state index contributed by atoms with van der Waals surface area (Å²) in [5, 5.41) is 4.39. The van der Waals surface area contributed by atoms with Crippen LogP contribution in [0.4, 0.5) is 10.6 Å². The van der Waals surface area contributed by atoms with E-state index in [1.54, 1.807) is 28.0 Å². The van der Waals surface area contributed by atoms with Crippen molar-refractivity contribution in [3.63, 3.8) is 0 Å². The fraction of sp³-hybridized carbons (Fsp3) is 0.294. The second-order valence-corrected chi connectivity index (χ2v) is 8.03. The molecule has 0 radical (unpaired) electrons. The number of anilines is 1. The molecule has 0 unspecified atom stereocenters. The summed E-state index contributed by atoms with van der Waals surface area (Å²) >= 11 is 2.14. The first kappa shape index (κ1) is 18.6. The predicted molar refractivity (Wildman–Crippen MR) is 111 cm³/mol. The average Bonchev–Trinajstić information content (AvgIpc) is 2.92. The third-order valence-electron chi connectivity index (χ3n) is 3.55. The number of hydrogen-bond donors (Lipinski definition) is 0. The van der Waals surface area contributed by atoms with Crippen LogP contribution in [0.1, 0.15) is 26.3 Å². The smallest absolute Gasteiger partial charge is 0.416 e. The lowest BCUT2D eigenvalue weighted by Gasteiger charge is -2.27. The highest BCUT2D eigenvalue weighted by Gasteiger charge is 2.26. The molecular weight excluding hydrogens is 444 g/mol.